The average molecular weight is 605 g/mol. The maximum absolute atomic E-state index is 5.57. The fourth-order valence-electron chi connectivity index (χ4n) is 2.89. The third-order valence-electron chi connectivity index (χ3n) is 4.69. The van der Waals surface area contributed by atoms with Crippen molar-refractivity contribution < 1.29 is 15.7 Å². The summed E-state index contributed by atoms with van der Waals surface area (Å²) in [6.07, 6.45) is 13.3. The van der Waals surface area contributed by atoms with Crippen molar-refractivity contribution in [3.63, 3.8) is 0 Å². The Bertz CT molecular complexity index is 840. The Kier molecular flexibility index (Phi) is 18.3. The van der Waals surface area contributed by atoms with Crippen molar-refractivity contribution >= 4 is 38.2 Å². The molecule has 0 unspecified atom stereocenters. The van der Waals surface area contributed by atoms with E-state index in [4.69, 9.17) is 9.69 Å². The summed E-state index contributed by atoms with van der Waals surface area (Å²) in [6.45, 7) is 8.76. The van der Waals surface area contributed by atoms with E-state index in [1.807, 2.05) is 80.2 Å². The predicted molar refractivity (Wildman–Crippen MR) is 150 cm³/mol. The van der Waals surface area contributed by atoms with E-state index in [0.717, 1.165) is 0 Å². The molecule has 0 amide bonds. The number of nitrogens with zero attached hydrogens (tertiary/aromatic N) is 4. The fourth-order valence-corrected chi connectivity index (χ4v) is 5.57. The Hall–Kier alpha value is -1.08. The van der Waals surface area contributed by atoms with Crippen LogP contribution in [0.25, 0.3) is 0 Å². The molecule has 4 rings (SSSR count). The summed E-state index contributed by atoms with van der Waals surface area (Å²) >= 11 is 3.65. The van der Waals surface area contributed by atoms with Gasteiger partial charge in [0.1, 0.15) is 0 Å². The monoisotopic (exact) mass is 605 g/mol. The van der Waals surface area contributed by atoms with Gasteiger partial charge in [-0.2, -0.15) is 0 Å². The van der Waals surface area contributed by atoms with Gasteiger partial charge in [0.2, 0.25) is 0 Å². The Labute approximate surface area is 226 Å². The van der Waals surface area contributed by atoms with Gasteiger partial charge in [0.25, 0.3) is 0 Å². The zero-order valence-corrected chi connectivity index (χ0v) is 24.7. The first-order valence-electron chi connectivity index (χ1n) is 11.0. The first-order valence-corrected chi connectivity index (χ1v) is 16.6. The van der Waals surface area contributed by atoms with Crippen molar-refractivity contribution in [1.82, 2.24) is 18.6 Å². The van der Waals surface area contributed by atoms with Crippen LogP contribution in [-0.2, 0) is 15.7 Å². The molecule has 4 nitrogen and oxygen atoms in total. The van der Waals surface area contributed by atoms with Crippen LogP contribution in [0, 0.1) is 13.8 Å². The summed E-state index contributed by atoms with van der Waals surface area (Å²) in [5.41, 5.74) is 3.75. The standard InChI is InChI=1S/C7H16N2S2.C7H6.2C6H7N.ClH.Ru/c1-4-7-8(10-2)5-6-9(7)11-3;1-7-5-3-2-4-6-7;2*1-6-2-4-7-5-3-6;;/h7H,4-6H2,1-3H3;1-6H;2*2-5H,1H3;1H;/q;;;;;+1/p-1. The van der Waals surface area contributed by atoms with Gasteiger partial charge in [0, 0.05) is 37.9 Å². The van der Waals surface area contributed by atoms with Crippen molar-refractivity contribution in [1.29, 1.82) is 0 Å². The minimum atomic E-state index is -0.0765. The number of aromatic nitrogens is 2. The van der Waals surface area contributed by atoms with E-state index in [9.17, 15) is 0 Å². The minimum absolute atomic E-state index is 0.0765. The number of benzene rings is 1. The quantitative estimate of drug-likeness (QED) is 0.242. The van der Waals surface area contributed by atoms with Gasteiger partial charge in [-0.3, -0.25) is 9.97 Å². The van der Waals surface area contributed by atoms with E-state index < -0.39 is 0 Å². The van der Waals surface area contributed by atoms with Gasteiger partial charge < -0.3 is 0 Å². The number of rotatable bonds is 4. The van der Waals surface area contributed by atoms with E-state index in [0.29, 0.717) is 6.17 Å². The molecule has 0 aliphatic carbocycles. The van der Waals surface area contributed by atoms with Gasteiger partial charge in [-0.25, -0.2) is 8.61 Å². The number of pyridine rings is 2. The second kappa shape index (κ2) is 20.1. The third kappa shape index (κ3) is 13.7. The van der Waals surface area contributed by atoms with E-state index in [1.165, 1.54) is 36.2 Å². The average Bonchev–Trinajstić information content (AvgIpc) is 3.29. The summed E-state index contributed by atoms with van der Waals surface area (Å²) in [5.74, 6) is 0. The molecule has 0 bridgehead atoms. The first-order chi connectivity index (χ1) is 16.5. The Morgan fingerprint density at radius 2 is 1.29 bits per heavy atom. The number of halogens is 1. The third-order valence-corrected chi connectivity index (χ3v) is 7.71. The normalized spacial score (nSPS) is 14.1. The van der Waals surface area contributed by atoms with Gasteiger partial charge in [-0.05, 0) is 68.2 Å². The molecule has 0 radical (unpaired) electrons. The van der Waals surface area contributed by atoms with E-state index in [-0.39, 0.29) is 15.7 Å². The van der Waals surface area contributed by atoms with Gasteiger partial charge >= 0.3 is 65.9 Å². The molecule has 0 spiro atoms. The molecule has 2 aromatic heterocycles. The first kappa shape index (κ1) is 31.0. The van der Waals surface area contributed by atoms with Crippen LogP contribution in [0.15, 0.2) is 79.4 Å². The van der Waals surface area contributed by atoms with Crippen LogP contribution in [0.1, 0.15) is 30.0 Å². The van der Waals surface area contributed by atoms with Crippen molar-refractivity contribution in [2.24, 2.45) is 0 Å². The molecular formula is C26H36ClN4RuS2. The molecule has 8 heteroatoms. The molecule has 34 heavy (non-hydrogen) atoms. The molecule has 1 fully saturated rings. The molecule has 1 aliphatic heterocycles. The summed E-state index contributed by atoms with van der Waals surface area (Å²) in [4.78, 5) is 7.69. The number of hydrogen-bond acceptors (Lipinski definition) is 6. The summed E-state index contributed by atoms with van der Waals surface area (Å²) < 4.78 is 6.97. The van der Waals surface area contributed by atoms with Gasteiger partial charge in [0.15, 0.2) is 0 Å². The van der Waals surface area contributed by atoms with E-state index in [2.05, 4.69) is 54.8 Å². The Balaban J connectivity index is 0.000000231. The molecule has 0 N–H and O–H groups in total. The molecule has 3 aromatic rings. The van der Waals surface area contributed by atoms with Gasteiger partial charge in [0.05, 0.1) is 6.17 Å². The number of hydrogen-bond donors (Lipinski definition) is 0. The molecule has 0 saturated carbocycles. The second-order valence-electron chi connectivity index (χ2n) is 7.17. The van der Waals surface area contributed by atoms with Crippen LogP contribution < -0.4 is 0 Å². The molecule has 1 aromatic carbocycles. The molecule has 187 valence electrons. The van der Waals surface area contributed by atoms with Gasteiger partial charge in [-0.15, -0.1) is 0 Å². The van der Waals surface area contributed by atoms with Crippen LogP contribution in [0.4, 0.5) is 0 Å². The zero-order valence-electron chi connectivity index (χ0n) is 20.6. The van der Waals surface area contributed by atoms with Gasteiger partial charge in [-0.1, -0.05) is 30.8 Å². The molecular weight excluding hydrogens is 569 g/mol. The van der Waals surface area contributed by atoms with E-state index >= 15 is 0 Å². The molecule has 1 saturated heterocycles. The summed E-state index contributed by atoms with van der Waals surface area (Å²) in [6, 6.07) is 18.0. The van der Waals surface area contributed by atoms with Crippen LogP contribution in [0.2, 0.25) is 0 Å². The van der Waals surface area contributed by atoms with Crippen LogP contribution in [-0.4, -0.2) is 55.0 Å². The molecule has 1 aliphatic rings. The summed E-state index contributed by atoms with van der Waals surface area (Å²) in [7, 11) is 5.57. The van der Waals surface area contributed by atoms with E-state index in [1.54, 1.807) is 24.8 Å². The SMILES string of the molecule is CCC1N(SC)CCN1SC.Cc1ccncc1.Cc1ccncc1.[Cl][Ru]=[CH]c1ccccc1. The topological polar surface area (TPSA) is 32.3 Å². The predicted octanol–water partition coefficient (Wildman–Crippen LogP) is 6.75. The van der Waals surface area contributed by atoms with Crippen LogP contribution in [0.5, 0.6) is 0 Å². The van der Waals surface area contributed by atoms with Crippen molar-refractivity contribution in [2.75, 3.05) is 25.6 Å². The molecule has 0 atom stereocenters. The van der Waals surface area contributed by atoms with Crippen LogP contribution in [0.3, 0.4) is 0 Å². The maximum atomic E-state index is 5.57. The number of aryl methyl sites for hydroxylation is 2. The Morgan fingerprint density at radius 1 is 0.853 bits per heavy atom. The fraction of sp³-hybridized carbons (Fsp3) is 0.346. The van der Waals surface area contributed by atoms with Crippen LogP contribution >= 0.6 is 33.6 Å². The van der Waals surface area contributed by atoms with Crippen molar-refractivity contribution in [3.8, 4) is 0 Å². The van der Waals surface area contributed by atoms with Crippen molar-refractivity contribution in [3.05, 3.63) is 96.1 Å². The van der Waals surface area contributed by atoms with Crippen molar-refractivity contribution in [2.45, 2.75) is 33.4 Å². The Morgan fingerprint density at radius 3 is 1.59 bits per heavy atom. The zero-order chi connectivity index (χ0) is 25.0. The molecule has 3 heterocycles. The summed E-state index contributed by atoms with van der Waals surface area (Å²) in [5, 5.41) is 0. The second-order valence-corrected chi connectivity index (χ2v) is 10.6.